The van der Waals surface area contributed by atoms with Crippen LogP contribution in [0.3, 0.4) is 0 Å². The summed E-state index contributed by atoms with van der Waals surface area (Å²) < 4.78 is 14.3. The fraction of sp³-hybridized carbons (Fsp3) is 0.216. The molecule has 0 bridgehead atoms. The molecule has 0 heterocycles. The molecule has 6 rings (SSSR count). The van der Waals surface area contributed by atoms with Crippen molar-refractivity contribution >= 4 is 34.3 Å². The van der Waals surface area contributed by atoms with Gasteiger partial charge < -0.3 is 9.47 Å². The van der Waals surface area contributed by atoms with Crippen LogP contribution in [0.1, 0.15) is 97.9 Å². The summed E-state index contributed by atoms with van der Waals surface area (Å²) in [6, 6.07) is 49.1. The molecule has 0 aliphatic heterocycles. The van der Waals surface area contributed by atoms with E-state index in [1.807, 2.05) is 111 Å². The molecular formula is C51H50N2O2. The van der Waals surface area contributed by atoms with Crippen molar-refractivity contribution in [1.29, 1.82) is 0 Å². The minimum absolute atomic E-state index is 0.193. The summed E-state index contributed by atoms with van der Waals surface area (Å²) in [6.07, 6.45) is 0. The van der Waals surface area contributed by atoms with Crippen molar-refractivity contribution in [3.63, 3.8) is 0 Å². The molecule has 55 heavy (non-hydrogen) atoms. The van der Waals surface area contributed by atoms with Gasteiger partial charge in [0.25, 0.3) is 0 Å². The number of para-hydroxylation sites is 2. The molecule has 0 N–H and O–H groups in total. The number of rotatable bonds is 12. The number of aryl methyl sites for hydroxylation is 2. The van der Waals surface area contributed by atoms with Gasteiger partial charge in [-0.15, -0.1) is 0 Å². The standard InChI is InChI=1S/C51H50N2O2/c1-35(2)43-31-29-37(5)49(47(43)45(39-21-13-9-14-22-39)33-52-41-25-17-11-18-26-41)54-51(7,8)55-50-38(6)30-32-44(36(3)4)48(50)46(40-23-15-10-16-24-40)34-53-42-27-19-12-20-28-42/h9-32,35-36H,1-8H3. The normalized spacial score (nSPS) is 11.1. The molecule has 0 aliphatic carbocycles. The fourth-order valence-electron chi connectivity index (χ4n) is 6.64. The van der Waals surface area contributed by atoms with Crippen molar-refractivity contribution in [3.8, 4) is 11.5 Å². The first kappa shape index (κ1) is 38.5. The molecule has 0 saturated carbocycles. The van der Waals surface area contributed by atoms with E-state index in [1.165, 1.54) is 0 Å². The summed E-state index contributed by atoms with van der Waals surface area (Å²) >= 11 is 0. The van der Waals surface area contributed by atoms with Crippen LogP contribution in [0.4, 0.5) is 11.4 Å². The molecule has 0 fully saturated rings. The number of hydrogen-bond acceptors (Lipinski definition) is 4. The van der Waals surface area contributed by atoms with E-state index in [1.54, 1.807) is 0 Å². The molecule has 276 valence electrons. The van der Waals surface area contributed by atoms with E-state index in [9.17, 15) is 0 Å². The van der Waals surface area contributed by atoms with Gasteiger partial charge in [0.1, 0.15) is 11.5 Å². The van der Waals surface area contributed by atoms with E-state index >= 15 is 0 Å². The van der Waals surface area contributed by atoms with E-state index in [0.717, 1.165) is 78.5 Å². The maximum absolute atomic E-state index is 7.16. The first-order chi connectivity index (χ1) is 26.5. The average molecular weight is 723 g/mol. The van der Waals surface area contributed by atoms with E-state index < -0.39 is 5.79 Å². The molecule has 0 aliphatic rings. The topological polar surface area (TPSA) is 43.2 Å². The van der Waals surface area contributed by atoms with Crippen molar-refractivity contribution in [1.82, 2.24) is 0 Å². The van der Waals surface area contributed by atoms with Crippen LogP contribution in [0.5, 0.6) is 11.5 Å². The summed E-state index contributed by atoms with van der Waals surface area (Å²) in [5, 5.41) is 0. The van der Waals surface area contributed by atoms with Crippen LogP contribution in [0.15, 0.2) is 156 Å². The second-order valence-corrected chi connectivity index (χ2v) is 14.9. The zero-order valence-electron chi connectivity index (χ0n) is 33.2. The molecule has 4 heteroatoms. The second kappa shape index (κ2) is 17.3. The molecule has 0 radical (unpaired) electrons. The summed E-state index contributed by atoms with van der Waals surface area (Å²) in [5.41, 5.74) is 11.5. The molecule has 4 nitrogen and oxygen atoms in total. The zero-order valence-corrected chi connectivity index (χ0v) is 33.2. The summed E-state index contributed by atoms with van der Waals surface area (Å²) in [4.78, 5) is 9.68. The predicted molar refractivity (Wildman–Crippen MR) is 231 cm³/mol. The fourth-order valence-corrected chi connectivity index (χ4v) is 6.64. The SMILES string of the molecule is Cc1ccc(C(C)C)c(C(=C=Nc2ccccc2)c2ccccc2)c1OC(C)(C)Oc1c(C)ccc(C(C)C)c1C(=C=Nc1ccccc1)c1ccccc1. The Balaban J connectivity index is 1.54. The van der Waals surface area contributed by atoms with Gasteiger partial charge in [-0.25, -0.2) is 9.98 Å². The smallest absolute Gasteiger partial charge is 0.245 e. The first-order valence-corrected chi connectivity index (χ1v) is 19.1. The van der Waals surface area contributed by atoms with Crippen LogP contribution in [0.2, 0.25) is 0 Å². The van der Waals surface area contributed by atoms with Gasteiger partial charge in [-0.2, -0.15) is 0 Å². The summed E-state index contributed by atoms with van der Waals surface area (Å²) in [7, 11) is 0. The zero-order chi connectivity index (χ0) is 39.0. The number of aliphatic imine (C=N–C) groups is 2. The average Bonchev–Trinajstić information content (AvgIpc) is 3.18. The van der Waals surface area contributed by atoms with Crippen LogP contribution in [0.25, 0.3) is 11.1 Å². The number of benzene rings is 6. The van der Waals surface area contributed by atoms with Gasteiger partial charge in [0.15, 0.2) is 0 Å². The first-order valence-electron chi connectivity index (χ1n) is 19.1. The molecule has 0 spiro atoms. The van der Waals surface area contributed by atoms with E-state index in [2.05, 4.69) is 102 Å². The van der Waals surface area contributed by atoms with Gasteiger partial charge in [-0.05, 0) is 95.1 Å². The Morgan fingerprint density at radius 2 is 0.800 bits per heavy atom. The third-order valence-electron chi connectivity index (χ3n) is 9.44. The maximum atomic E-state index is 7.16. The third kappa shape index (κ3) is 9.31. The number of ether oxygens (including phenoxy) is 2. The third-order valence-corrected chi connectivity index (χ3v) is 9.44. The Bertz CT molecular complexity index is 2190. The quantitative estimate of drug-likeness (QED) is 0.0932. The number of nitrogens with zero attached hydrogens (tertiary/aromatic N) is 2. The Kier molecular flexibility index (Phi) is 12.1. The minimum Gasteiger partial charge on any atom is -0.452 e. The number of hydrogen-bond donors (Lipinski definition) is 0. The Morgan fingerprint density at radius 3 is 1.13 bits per heavy atom. The van der Waals surface area contributed by atoms with Crippen molar-refractivity contribution in [2.24, 2.45) is 9.98 Å². The Hall–Kier alpha value is -6.18. The monoisotopic (exact) mass is 722 g/mol. The van der Waals surface area contributed by atoms with Crippen molar-refractivity contribution in [2.45, 2.75) is 73.0 Å². The molecule has 0 amide bonds. The highest BCUT2D eigenvalue weighted by Gasteiger charge is 2.31. The van der Waals surface area contributed by atoms with Crippen LogP contribution in [0, 0.1) is 13.8 Å². The highest BCUT2D eigenvalue weighted by atomic mass is 16.7. The van der Waals surface area contributed by atoms with Crippen LogP contribution in [-0.2, 0) is 0 Å². The maximum Gasteiger partial charge on any atom is 0.245 e. The lowest BCUT2D eigenvalue weighted by Gasteiger charge is -2.33. The van der Waals surface area contributed by atoms with Crippen LogP contribution >= 0.6 is 0 Å². The Labute approximate surface area is 327 Å². The van der Waals surface area contributed by atoms with Crippen molar-refractivity contribution in [3.05, 3.63) is 190 Å². The highest BCUT2D eigenvalue weighted by molar-refractivity contribution is 6.03. The molecule has 0 unspecified atom stereocenters. The molecule has 0 atom stereocenters. The summed E-state index contributed by atoms with van der Waals surface area (Å²) in [6.45, 7) is 17.0. The summed E-state index contributed by atoms with van der Waals surface area (Å²) in [5.74, 6) is 7.65. The van der Waals surface area contributed by atoms with E-state index in [4.69, 9.17) is 19.5 Å². The molecule has 6 aromatic rings. The lowest BCUT2D eigenvalue weighted by molar-refractivity contribution is -0.0821. The van der Waals surface area contributed by atoms with Gasteiger partial charge in [-0.3, -0.25) is 0 Å². The molecular weight excluding hydrogens is 673 g/mol. The lowest BCUT2D eigenvalue weighted by atomic mass is 9.87. The van der Waals surface area contributed by atoms with Gasteiger partial charge in [-0.1, -0.05) is 149 Å². The predicted octanol–water partition coefficient (Wildman–Crippen LogP) is 13.6. The minimum atomic E-state index is -1.12. The van der Waals surface area contributed by atoms with Gasteiger partial charge >= 0.3 is 0 Å². The van der Waals surface area contributed by atoms with Crippen LogP contribution < -0.4 is 9.47 Å². The largest absolute Gasteiger partial charge is 0.452 e. The van der Waals surface area contributed by atoms with E-state index in [0.29, 0.717) is 0 Å². The molecule has 0 saturated heterocycles. The van der Waals surface area contributed by atoms with Gasteiger partial charge in [0, 0.05) is 25.0 Å². The highest BCUT2D eigenvalue weighted by Crippen LogP contribution is 2.43. The van der Waals surface area contributed by atoms with Crippen molar-refractivity contribution < 1.29 is 9.47 Å². The van der Waals surface area contributed by atoms with Gasteiger partial charge in [0.2, 0.25) is 5.79 Å². The second-order valence-electron chi connectivity index (χ2n) is 14.9. The Morgan fingerprint density at radius 1 is 0.473 bits per heavy atom. The van der Waals surface area contributed by atoms with Crippen LogP contribution in [-0.4, -0.2) is 17.5 Å². The van der Waals surface area contributed by atoms with E-state index in [-0.39, 0.29) is 11.8 Å². The molecule has 0 aromatic heterocycles. The molecule has 6 aromatic carbocycles. The lowest BCUT2D eigenvalue weighted by Crippen LogP contribution is -2.36. The van der Waals surface area contributed by atoms with Gasteiger partial charge in [0.05, 0.1) is 22.5 Å². The van der Waals surface area contributed by atoms with Crippen molar-refractivity contribution in [2.75, 3.05) is 0 Å².